The molecule has 8 heteroatoms. The molecule has 2 saturated carbocycles. The Balaban J connectivity index is 0.00000220. The van der Waals surface area contributed by atoms with Gasteiger partial charge >= 0.3 is 64.5 Å². The summed E-state index contributed by atoms with van der Waals surface area (Å²) in [6.45, 7) is 0.640. The van der Waals surface area contributed by atoms with Gasteiger partial charge in [-0.1, -0.05) is 17.7 Å². The van der Waals surface area contributed by atoms with Gasteiger partial charge in [0.1, 0.15) is 5.60 Å². The quantitative estimate of drug-likeness (QED) is 0.769. The van der Waals surface area contributed by atoms with Crippen LogP contribution in [0.15, 0.2) is 0 Å². The number of ether oxygens (including phenoxy) is 1. The van der Waals surface area contributed by atoms with E-state index in [2.05, 4.69) is 5.32 Å². The van der Waals surface area contributed by atoms with Crippen molar-refractivity contribution in [2.75, 3.05) is 0 Å². The first-order valence-corrected chi connectivity index (χ1v) is 7.21. The molecule has 0 heterocycles. The van der Waals surface area contributed by atoms with E-state index in [4.69, 9.17) is 4.74 Å². The van der Waals surface area contributed by atoms with Crippen molar-refractivity contribution in [1.82, 2.24) is 5.32 Å². The van der Waals surface area contributed by atoms with E-state index >= 15 is 0 Å². The topological polar surface area (TPSA) is 38.3 Å². The number of halogens is 3. The van der Waals surface area contributed by atoms with E-state index in [9.17, 15) is 17.7 Å². The van der Waals surface area contributed by atoms with Gasteiger partial charge in [0, 0.05) is 6.04 Å². The fourth-order valence-corrected chi connectivity index (χ4v) is 3.30. The number of nitrogens with one attached hydrogen (secondary N) is 1. The van der Waals surface area contributed by atoms with Gasteiger partial charge in [-0.2, -0.15) is 0 Å². The Bertz CT molecular complexity index is 390. The number of carbonyl (C=O) groups is 1. The summed E-state index contributed by atoms with van der Waals surface area (Å²) in [5.74, 6) is -1.06. The summed E-state index contributed by atoms with van der Waals surface area (Å²) in [6.07, 6.45) is 2.14. The third-order valence-corrected chi connectivity index (χ3v) is 4.41. The molecular weight excluding hydrogens is 309 g/mol. The summed E-state index contributed by atoms with van der Waals surface area (Å²) >= 11 is 0. The molecule has 0 aromatic carbocycles. The Kier molecular flexibility index (Phi) is 6.33. The molecule has 2 aliphatic rings. The van der Waals surface area contributed by atoms with Crippen molar-refractivity contribution < 1.29 is 73.9 Å². The number of carbonyl (C=O) groups excluding carboxylic acids is 1. The zero-order valence-corrected chi connectivity index (χ0v) is 16.3. The molecule has 0 bridgehead atoms. The van der Waals surface area contributed by atoms with Crippen LogP contribution in [0.3, 0.4) is 0 Å². The number of alkyl carbamates (subject to hydrolysis) is 1. The largest absolute Gasteiger partial charge is 1.00 e. The van der Waals surface area contributed by atoms with Gasteiger partial charge in [0.15, 0.2) is 0 Å². The second kappa shape index (κ2) is 6.71. The van der Waals surface area contributed by atoms with Crippen LogP contribution in [0.1, 0.15) is 52.9 Å². The third kappa shape index (κ3) is 5.41. The molecule has 21 heavy (non-hydrogen) atoms. The van der Waals surface area contributed by atoms with Gasteiger partial charge in [-0.3, -0.25) is 0 Å². The van der Waals surface area contributed by atoms with Crippen LogP contribution in [0.5, 0.6) is 0 Å². The molecule has 0 aromatic heterocycles. The monoisotopic (exact) mass is 331 g/mol. The molecule has 2 fully saturated rings. The summed E-state index contributed by atoms with van der Waals surface area (Å²) in [7, 11) is 0. The van der Waals surface area contributed by atoms with E-state index in [-0.39, 0.29) is 63.8 Å². The number of hydrogen-bond donors (Lipinski definition) is 1. The van der Waals surface area contributed by atoms with Gasteiger partial charge < -0.3 is 23.0 Å². The van der Waals surface area contributed by atoms with Gasteiger partial charge in [0.25, 0.3) is 0 Å². The van der Waals surface area contributed by atoms with E-state index in [1.807, 2.05) is 0 Å². The van der Waals surface area contributed by atoms with Crippen LogP contribution < -0.4 is 56.7 Å². The van der Waals surface area contributed by atoms with E-state index in [0.717, 1.165) is 0 Å². The van der Waals surface area contributed by atoms with E-state index < -0.39 is 29.9 Å². The summed E-state index contributed by atoms with van der Waals surface area (Å²) < 4.78 is 43.4. The molecule has 1 spiro atoms. The van der Waals surface area contributed by atoms with E-state index in [1.165, 1.54) is 0 Å². The first-order valence-electron chi connectivity index (χ1n) is 7.21. The molecule has 1 atom stereocenters. The number of hydrogen-bond acceptors (Lipinski definition) is 2. The van der Waals surface area contributed by atoms with Gasteiger partial charge in [0.05, 0.1) is 0 Å². The Hall–Kier alpha value is 0.761. The van der Waals surface area contributed by atoms with Crippen LogP contribution in [0, 0.1) is 5.41 Å². The van der Waals surface area contributed by atoms with Crippen LogP contribution in [0.4, 0.5) is 17.7 Å². The summed E-state index contributed by atoms with van der Waals surface area (Å²) in [4.78, 5) is 11.6. The maximum atomic E-state index is 12.7. The molecule has 3 nitrogen and oxygen atoms in total. The van der Waals surface area contributed by atoms with Crippen LogP contribution in [0.2, 0.25) is 5.82 Å². The van der Waals surface area contributed by atoms with Gasteiger partial charge in [-0.25, -0.2) is 4.79 Å². The Morgan fingerprint density at radius 2 is 1.76 bits per heavy atom. The zero-order chi connectivity index (χ0) is 15.2. The SMILES string of the molecule is CC(C)(C)OC(=O)NC1CCC2(CC1)CC2[B-](F)(F)F.[K+]. The van der Waals surface area contributed by atoms with Crippen molar-refractivity contribution in [3.8, 4) is 0 Å². The molecule has 0 aliphatic heterocycles. The van der Waals surface area contributed by atoms with Crippen LogP contribution in [-0.4, -0.2) is 24.7 Å². The summed E-state index contributed by atoms with van der Waals surface area (Å²) in [6, 6.07) is -0.0579. The van der Waals surface area contributed by atoms with Crippen LogP contribution in [0.25, 0.3) is 0 Å². The first-order chi connectivity index (χ1) is 9.02. The maximum absolute atomic E-state index is 12.7. The predicted octanol–water partition coefficient (Wildman–Crippen LogP) is 1.07. The van der Waals surface area contributed by atoms with Crippen molar-refractivity contribution in [2.45, 2.75) is 70.3 Å². The average Bonchev–Trinajstić information content (AvgIpc) is 2.94. The molecular formula is C13H22BF3KNO2. The first kappa shape index (κ1) is 19.8. The van der Waals surface area contributed by atoms with Crippen molar-refractivity contribution in [3.05, 3.63) is 0 Å². The minimum atomic E-state index is -4.70. The molecule has 1 N–H and O–H groups in total. The summed E-state index contributed by atoms with van der Waals surface area (Å²) in [5, 5.41) is 2.76. The normalized spacial score (nSPS) is 32.3. The smallest absolute Gasteiger partial charge is 0.449 e. The van der Waals surface area contributed by atoms with Crippen molar-refractivity contribution in [2.24, 2.45) is 5.41 Å². The van der Waals surface area contributed by atoms with Gasteiger partial charge in [-0.15, -0.1) is 0 Å². The molecule has 0 radical (unpaired) electrons. The Morgan fingerprint density at radius 3 is 2.14 bits per heavy atom. The third-order valence-electron chi connectivity index (χ3n) is 4.41. The maximum Gasteiger partial charge on any atom is 1.00 e. The van der Waals surface area contributed by atoms with Crippen molar-refractivity contribution >= 4 is 13.1 Å². The molecule has 116 valence electrons. The van der Waals surface area contributed by atoms with Crippen molar-refractivity contribution in [1.29, 1.82) is 0 Å². The molecule has 2 rings (SSSR count). The predicted molar refractivity (Wildman–Crippen MR) is 71.5 cm³/mol. The average molecular weight is 331 g/mol. The molecule has 0 saturated heterocycles. The van der Waals surface area contributed by atoms with Gasteiger partial charge in [0.2, 0.25) is 0 Å². The van der Waals surface area contributed by atoms with Gasteiger partial charge in [-0.05, 0) is 46.5 Å². The minimum absolute atomic E-state index is 0. The van der Waals surface area contributed by atoms with Crippen molar-refractivity contribution in [3.63, 3.8) is 0 Å². The van der Waals surface area contributed by atoms with Crippen LogP contribution in [-0.2, 0) is 4.74 Å². The molecule has 1 unspecified atom stereocenters. The standard InChI is InChI=1S/C13H22BF3NO2.K/c1-12(2,3)20-11(19)18-9-4-6-13(7-5-9)8-10(13)14(15,16)17;/h9-10H,4-8H2,1-3H3,(H,18,19);/q-1;+1. The Labute approximate surface area is 166 Å². The molecule has 0 aromatic rings. The van der Waals surface area contributed by atoms with E-state index in [0.29, 0.717) is 25.7 Å². The molecule has 2 aliphatic carbocycles. The number of amides is 1. The second-order valence-electron chi connectivity index (χ2n) is 7.22. The fraction of sp³-hybridized carbons (Fsp3) is 0.923. The van der Waals surface area contributed by atoms with E-state index in [1.54, 1.807) is 20.8 Å². The summed E-state index contributed by atoms with van der Waals surface area (Å²) in [5.41, 5.74) is -1.06. The number of rotatable bonds is 2. The zero-order valence-electron chi connectivity index (χ0n) is 13.2. The molecule has 1 amide bonds. The Morgan fingerprint density at radius 1 is 1.24 bits per heavy atom. The second-order valence-corrected chi connectivity index (χ2v) is 7.22. The minimum Gasteiger partial charge on any atom is -0.449 e. The van der Waals surface area contributed by atoms with Crippen LogP contribution >= 0.6 is 0 Å². The fourth-order valence-electron chi connectivity index (χ4n) is 3.30.